The van der Waals surface area contributed by atoms with Gasteiger partial charge in [0, 0.05) is 11.4 Å². The van der Waals surface area contributed by atoms with Crippen molar-refractivity contribution in [2.75, 3.05) is 11.6 Å². The standard InChI is InChI=1S/C20H17ClN4O3S.Na/c1-29-19-14(21)4-2-12-17(19)25(9-16(26)27)20-13(18(12)28)3-5-15(24-20)23-11-6-10(7-11)8-22;/h2-5,10-11H,6-7,9H2,1H3,(H,23,24)(H,26,27);/q;+1/p-1. The molecule has 0 atom stereocenters. The molecule has 0 spiro atoms. The van der Waals surface area contributed by atoms with E-state index < -0.39 is 12.5 Å². The quantitative estimate of drug-likeness (QED) is 0.314. The van der Waals surface area contributed by atoms with E-state index in [0.29, 0.717) is 32.0 Å². The van der Waals surface area contributed by atoms with Crippen molar-refractivity contribution in [1.82, 2.24) is 9.55 Å². The van der Waals surface area contributed by atoms with E-state index in [1.165, 1.54) is 16.3 Å². The molecule has 1 aliphatic carbocycles. The molecule has 1 saturated carbocycles. The maximum absolute atomic E-state index is 13.1. The summed E-state index contributed by atoms with van der Waals surface area (Å²) < 4.78 is 1.48. The molecule has 0 radical (unpaired) electrons. The van der Waals surface area contributed by atoms with Gasteiger partial charge in [0.05, 0.1) is 45.3 Å². The zero-order valence-corrected chi connectivity index (χ0v) is 20.0. The number of hydrogen-bond donors (Lipinski definition) is 1. The molecule has 30 heavy (non-hydrogen) atoms. The molecule has 1 aromatic carbocycles. The normalized spacial score (nSPS) is 17.8. The first-order valence-corrected chi connectivity index (χ1v) is 10.6. The second-order valence-corrected chi connectivity index (χ2v) is 8.19. The number of fused-ring (bicyclic) bond motifs is 2. The molecule has 0 saturated heterocycles. The van der Waals surface area contributed by atoms with Gasteiger partial charge >= 0.3 is 29.6 Å². The van der Waals surface area contributed by atoms with Gasteiger partial charge in [0.15, 0.2) is 5.43 Å². The summed E-state index contributed by atoms with van der Waals surface area (Å²) in [6, 6.07) is 8.94. The number of thioether (sulfide) groups is 1. The zero-order valence-electron chi connectivity index (χ0n) is 16.4. The predicted molar refractivity (Wildman–Crippen MR) is 111 cm³/mol. The fourth-order valence-electron chi connectivity index (χ4n) is 3.69. The molecular weight excluding hydrogens is 435 g/mol. The first kappa shape index (κ1) is 22.9. The van der Waals surface area contributed by atoms with E-state index in [1.807, 2.05) is 6.26 Å². The Labute approximate surface area is 203 Å². The van der Waals surface area contributed by atoms with Crippen molar-refractivity contribution in [2.45, 2.75) is 30.3 Å². The molecule has 0 amide bonds. The number of hydrogen-bond acceptors (Lipinski definition) is 7. The van der Waals surface area contributed by atoms with Gasteiger partial charge in [0.25, 0.3) is 0 Å². The van der Waals surface area contributed by atoms with Gasteiger partial charge in [-0.2, -0.15) is 5.26 Å². The number of carbonyl (C=O) groups excluding carboxylic acids is 1. The van der Waals surface area contributed by atoms with Crippen molar-refractivity contribution in [3.05, 3.63) is 39.5 Å². The van der Waals surface area contributed by atoms with Crippen LogP contribution in [-0.4, -0.2) is 27.8 Å². The monoisotopic (exact) mass is 450 g/mol. The number of nitriles is 1. The summed E-state index contributed by atoms with van der Waals surface area (Å²) in [5.74, 6) is -0.726. The first-order chi connectivity index (χ1) is 13.9. The number of pyridine rings is 2. The van der Waals surface area contributed by atoms with Crippen LogP contribution in [0, 0.1) is 17.2 Å². The third-order valence-electron chi connectivity index (χ3n) is 5.14. The van der Waals surface area contributed by atoms with Gasteiger partial charge in [0.2, 0.25) is 0 Å². The van der Waals surface area contributed by atoms with E-state index in [1.54, 1.807) is 24.3 Å². The van der Waals surface area contributed by atoms with Crippen LogP contribution in [0.25, 0.3) is 21.9 Å². The number of nitrogens with zero attached hydrogens (tertiary/aromatic N) is 3. The molecule has 3 aromatic rings. The fraction of sp³-hybridized carbons (Fsp3) is 0.300. The Balaban J connectivity index is 0.00000256. The van der Waals surface area contributed by atoms with Gasteiger partial charge < -0.3 is 19.8 Å². The molecule has 0 unspecified atom stereocenters. The van der Waals surface area contributed by atoms with Crippen LogP contribution < -0.4 is 45.4 Å². The average Bonchev–Trinajstić information content (AvgIpc) is 2.67. The predicted octanol–water partition coefficient (Wildman–Crippen LogP) is -0.607. The number of rotatable bonds is 5. The molecule has 10 heteroatoms. The molecule has 0 bridgehead atoms. The van der Waals surface area contributed by atoms with Gasteiger partial charge in [-0.3, -0.25) is 4.79 Å². The van der Waals surface area contributed by atoms with Crippen LogP contribution in [-0.2, 0) is 11.3 Å². The summed E-state index contributed by atoms with van der Waals surface area (Å²) in [5, 5.41) is 24.8. The molecule has 1 fully saturated rings. The summed E-state index contributed by atoms with van der Waals surface area (Å²) in [7, 11) is 0. The van der Waals surface area contributed by atoms with Crippen molar-refractivity contribution in [3.63, 3.8) is 0 Å². The Morgan fingerprint density at radius 1 is 1.37 bits per heavy atom. The number of anilines is 1. The number of halogens is 1. The van der Waals surface area contributed by atoms with Crippen LogP contribution in [0.1, 0.15) is 12.8 Å². The molecule has 2 aromatic heterocycles. The van der Waals surface area contributed by atoms with Crippen molar-refractivity contribution < 1.29 is 39.5 Å². The van der Waals surface area contributed by atoms with Crippen molar-refractivity contribution in [3.8, 4) is 6.07 Å². The van der Waals surface area contributed by atoms with Crippen LogP contribution in [0.5, 0.6) is 0 Å². The smallest absolute Gasteiger partial charge is 0.548 e. The molecular formula is C20H16ClN4NaO3S. The van der Waals surface area contributed by atoms with E-state index >= 15 is 0 Å². The SMILES string of the molecule is CSc1c(Cl)ccc2c(=O)c3ccc(NC4CC(C#N)C4)nc3n(CC(=O)[O-])c12.[Na+]. The maximum Gasteiger partial charge on any atom is 1.00 e. The van der Waals surface area contributed by atoms with E-state index in [9.17, 15) is 14.7 Å². The minimum atomic E-state index is -1.29. The van der Waals surface area contributed by atoms with Crippen molar-refractivity contribution >= 4 is 57.1 Å². The minimum absolute atomic E-state index is 0. The number of benzene rings is 1. The summed E-state index contributed by atoms with van der Waals surface area (Å²) in [5.41, 5.74) is 0.457. The maximum atomic E-state index is 13.1. The topological polar surface area (TPSA) is 111 Å². The van der Waals surface area contributed by atoms with E-state index in [4.69, 9.17) is 16.9 Å². The minimum Gasteiger partial charge on any atom is -0.548 e. The first-order valence-electron chi connectivity index (χ1n) is 8.98. The largest absolute Gasteiger partial charge is 1.00 e. The van der Waals surface area contributed by atoms with Crippen molar-refractivity contribution in [2.24, 2.45) is 5.92 Å². The van der Waals surface area contributed by atoms with Gasteiger partial charge in [-0.1, -0.05) is 11.6 Å². The molecule has 1 N–H and O–H groups in total. The number of carboxylic acid groups (broad SMARTS) is 1. The molecule has 2 heterocycles. The second-order valence-electron chi connectivity index (χ2n) is 6.97. The Kier molecular flexibility index (Phi) is 7.00. The van der Waals surface area contributed by atoms with Crippen molar-refractivity contribution in [1.29, 1.82) is 5.26 Å². The summed E-state index contributed by atoms with van der Waals surface area (Å²) >= 11 is 7.65. The summed E-state index contributed by atoms with van der Waals surface area (Å²) in [6.07, 6.45) is 3.27. The number of carbonyl (C=O) groups is 1. The zero-order chi connectivity index (χ0) is 20.7. The third-order valence-corrected chi connectivity index (χ3v) is 6.39. The van der Waals surface area contributed by atoms with Crippen LogP contribution in [0.2, 0.25) is 5.02 Å². The second kappa shape index (κ2) is 9.16. The Morgan fingerprint density at radius 2 is 2.07 bits per heavy atom. The number of nitrogens with one attached hydrogen (secondary N) is 1. The number of carboxylic acids is 1. The number of aromatic nitrogens is 2. The Morgan fingerprint density at radius 3 is 2.70 bits per heavy atom. The van der Waals surface area contributed by atoms with E-state index in [2.05, 4.69) is 16.4 Å². The van der Waals surface area contributed by atoms with E-state index in [-0.39, 0.29) is 52.6 Å². The molecule has 148 valence electrons. The number of aliphatic carboxylic acids is 1. The van der Waals surface area contributed by atoms with Gasteiger partial charge in [-0.15, -0.1) is 11.8 Å². The molecule has 4 rings (SSSR count). The van der Waals surface area contributed by atoms with Crippen LogP contribution >= 0.6 is 23.4 Å². The third kappa shape index (κ3) is 4.05. The van der Waals surface area contributed by atoms with Gasteiger partial charge in [-0.25, -0.2) is 4.98 Å². The molecule has 1 aliphatic rings. The fourth-order valence-corrected chi connectivity index (χ4v) is 4.75. The van der Waals surface area contributed by atoms with Gasteiger partial charge in [-0.05, 0) is 43.4 Å². The van der Waals surface area contributed by atoms with Crippen LogP contribution in [0.4, 0.5) is 5.82 Å². The average molecular weight is 451 g/mol. The molecule has 0 aliphatic heterocycles. The van der Waals surface area contributed by atoms with Gasteiger partial charge in [0.1, 0.15) is 11.5 Å². The van der Waals surface area contributed by atoms with Crippen LogP contribution in [0.15, 0.2) is 34.0 Å². The molecule has 7 nitrogen and oxygen atoms in total. The summed E-state index contributed by atoms with van der Waals surface area (Å²) in [4.78, 5) is 29.7. The van der Waals surface area contributed by atoms with E-state index in [0.717, 1.165) is 12.8 Å². The van der Waals surface area contributed by atoms with Crippen LogP contribution in [0.3, 0.4) is 0 Å². The Bertz CT molecular complexity index is 1250. The summed E-state index contributed by atoms with van der Waals surface area (Å²) in [6.45, 7) is -0.461. The Hall–Kier alpha value is -1.76.